The maximum atomic E-state index is 12.9. The van der Waals surface area contributed by atoms with Gasteiger partial charge >= 0.3 is 17.9 Å². The lowest BCUT2D eigenvalue weighted by molar-refractivity contribution is -0.167. The second kappa shape index (κ2) is 67.6. The van der Waals surface area contributed by atoms with Gasteiger partial charge in [-0.25, -0.2) is 0 Å². The second-order valence-electron chi connectivity index (χ2n) is 22.3. The molecule has 0 N–H and O–H groups in total. The van der Waals surface area contributed by atoms with E-state index in [9.17, 15) is 14.4 Å². The first-order valence-electron chi connectivity index (χ1n) is 33.9. The van der Waals surface area contributed by atoms with Gasteiger partial charge in [0.05, 0.1) is 0 Å². The summed E-state index contributed by atoms with van der Waals surface area (Å²) in [5.41, 5.74) is 0. The van der Waals surface area contributed by atoms with Crippen molar-refractivity contribution in [2.75, 3.05) is 13.2 Å². The largest absolute Gasteiger partial charge is 0.462 e. The van der Waals surface area contributed by atoms with Crippen molar-refractivity contribution in [3.05, 3.63) is 109 Å². The van der Waals surface area contributed by atoms with Crippen LogP contribution in [0.2, 0.25) is 0 Å². The Morgan fingerprint density at radius 2 is 0.487 bits per heavy atom. The summed E-state index contributed by atoms with van der Waals surface area (Å²) in [5, 5.41) is 0. The van der Waals surface area contributed by atoms with Crippen molar-refractivity contribution in [3.8, 4) is 0 Å². The highest BCUT2D eigenvalue weighted by Gasteiger charge is 2.19. The summed E-state index contributed by atoms with van der Waals surface area (Å²) in [6.45, 7) is 6.44. The normalized spacial score (nSPS) is 12.8. The number of ether oxygens (including phenoxy) is 3. The molecule has 0 aromatic carbocycles. The third-order valence-corrected chi connectivity index (χ3v) is 14.5. The fraction of sp³-hybridized carbons (Fsp3) is 0.716. The highest BCUT2D eigenvalue weighted by Crippen LogP contribution is 2.17. The van der Waals surface area contributed by atoms with Gasteiger partial charge < -0.3 is 14.2 Å². The van der Waals surface area contributed by atoms with E-state index in [-0.39, 0.29) is 31.1 Å². The van der Waals surface area contributed by atoms with E-state index in [1.165, 1.54) is 161 Å². The van der Waals surface area contributed by atoms with E-state index in [1.807, 2.05) is 0 Å². The summed E-state index contributed by atoms with van der Waals surface area (Å²) < 4.78 is 17.0. The Labute approximate surface area is 495 Å². The van der Waals surface area contributed by atoms with Gasteiger partial charge in [-0.3, -0.25) is 14.4 Å². The van der Waals surface area contributed by atoms with Crippen LogP contribution < -0.4 is 0 Å². The van der Waals surface area contributed by atoms with E-state index in [0.29, 0.717) is 19.3 Å². The average Bonchev–Trinajstić information content (AvgIpc) is 3.46. The van der Waals surface area contributed by atoms with Gasteiger partial charge in [-0.15, -0.1) is 0 Å². The van der Waals surface area contributed by atoms with E-state index in [0.717, 1.165) is 122 Å². The Hall–Kier alpha value is -3.93. The Morgan fingerprint density at radius 1 is 0.263 bits per heavy atom. The van der Waals surface area contributed by atoms with E-state index >= 15 is 0 Å². The predicted molar refractivity (Wildman–Crippen MR) is 348 cm³/mol. The Balaban J connectivity index is 4.26. The molecule has 0 spiro atoms. The zero-order valence-corrected chi connectivity index (χ0v) is 52.6. The summed E-state index contributed by atoms with van der Waals surface area (Å²) in [6.07, 6.45) is 92.5. The highest BCUT2D eigenvalue weighted by molar-refractivity contribution is 5.71. The molecule has 0 fully saturated rings. The van der Waals surface area contributed by atoms with Crippen LogP contribution in [0.15, 0.2) is 109 Å². The van der Waals surface area contributed by atoms with Gasteiger partial charge in [-0.05, 0) is 103 Å². The van der Waals surface area contributed by atoms with Gasteiger partial charge in [0.1, 0.15) is 13.2 Å². The van der Waals surface area contributed by atoms with Gasteiger partial charge in [0.2, 0.25) is 0 Å². The zero-order chi connectivity index (χ0) is 57.8. The molecule has 458 valence electrons. The van der Waals surface area contributed by atoms with Gasteiger partial charge in [0.25, 0.3) is 0 Å². The average molecular weight is 1110 g/mol. The van der Waals surface area contributed by atoms with Crippen molar-refractivity contribution >= 4 is 17.9 Å². The molecular formula is C74H126O6. The molecule has 80 heavy (non-hydrogen) atoms. The smallest absolute Gasteiger partial charge is 0.306 e. The first-order valence-corrected chi connectivity index (χ1v) is 33.9. The minimum Gasteiger partial charge on any atom is -0.462 e. The van der Waals surface area contributed by atoms with E-state index in [4.69, 9.17) is 14.2 Å². The minimum absolute atomic E-state index is 0.0793. The van der Waals surface area contributed by atoms with Crippen LogP contribution in [0.3, 0.4) is 0 Å². The third kappa shape index (κ3) is 64.9. The molecule has 6 heteroatoms. The number of unbranched alkanes of at least 4 members (excludes halogenated alkanes) is 32. The van der Waals surface area contributed by atoms with Gasteiger partial charge in [0.15, 0.2) is 6.10 Å². The number of rotatable bonds is 61. The van der Waals surface area contributed by atoms with Crippen LogP contribution in [-0.2, 0) is 28.6 Å². The molecular weight excluding hydrogens is 985 g/mol. The van der Waals surface area contributed by atoms with Crippen LogP contribution in [0, 0.1) is 0 Å². The molecule has 0 saturated heterocycles. The molecule has 1 atom stereocenters. The second-order valence-corrected chi connectivity index (χ2v) is 22.3. The molecule has 0 bridgehead atoms. The summed E-state index contributed by atoms with van der Waals surface area (Å²) in [7, 11) is 0. The SMILES string of the molecule is CC/C=C\C/C=C\C/C=C\C/C=C\C/C=C\C/C=C\CCCCCCCCCCCCCCC(=O)OCC(COC(=O)CCCCCCCCCCCCCCCC)OC(=O)CCCCCCCCC/C=C\C/C=C\C/C=C\CC. The van der Waals surface area contributed by atoms with Crippen LogP contribution in [-0.4, -0.2) is 37.2 Å². The first-order chi connectivity index (χ1) is 39.5. The third-order valence-electron chi connectivity index (χ3n) is 14.5. The molecule has 0 rings (SSSR count). The highest BCUT2D eigenvalue weighted by atomic mass is 16.6. The standard InChI is InChI=1S/C74H126O6/c1-4-7-10-13-16-19-22-25-28-30-31-32-33-34-35-36-37-38-39-40-41-42-43-45-46-49-52-55-58-61-64-67-73(76)79-70-71(69-78-72(75)66-63-60-57-54-51-48-27-24-21-18-15-12-9-6-3)80-74(77)68-65-62-59-56-53-50-47-44-29-26-23-20-17-14-11-8-5-2/h7-8,10-11,16-17,19-20,25-26,28-29,31-32,34-35,37-38,71H,4-6,9,12-15,18,21-24,27,30,33,36,39-70H2,1-3H3/b10-7-,11-8-,19-16-,20-17-,28-25-,29-26-,32-31-,35-34-,38-37-. The molecule has 0 aliphatic carbocycles. The van der Waals surface area contributed by atoms with Crippen molar-refractivity contribution in [3.63, 3.8) is 0 Å². The van der Waals surface area contributed by atoms with Crippen LogP contribution >= 0.6 is 0 Å². The van der Waals surface area contributed by atoms with E-state index < -0.39 is 6.10 Å². The monoisotopic (exact) mass is 1110 g/mol. The maximum absolute atomic E-state index is 12.9. The molecule has 0 saturated carbocycles. The summed E-state index contributed by atoms with van der Waals surface area (Å²) in [5.74, 6) is -0.879. The van der Waals surface area contributed by atoms with Crippen LogP contribution in [0.25, 0.3) is 0 Å². The Kier molecular flexibility index (Phi) is 64.3. The fourth-order valence-corrected chi connectivity index (χ4v) is 9.52. The van der Waals surface area contributed by atoms with Crippen LogP contribution in [0.4, 0.5) is 0 Å². The lowest BCUT2D eigenvalue weighted by Gasteiger charge is -2.18. The molecule has 1 unspecified atom stereocenters. The lowest BCUT2D eigenvalue weighted by atomic mass is 10.0. The Morgan fingerprint density at radius 3 is 0.762 bits per heavy atom. The predicted octanol–water partition coefficient (Wildman–Crippen LogP) is 23.4. The van der Waals surface area contributed by atoms with Gasteiger partial charge in [-0.2, -0.15) is 0 Å². The van der Waals surface area contributed by atoms with Crippen LogP contribution in [0.5, 0.6) is 0 Å². The van der Waals surface area contributed by atoms with Crippen molar-refractivity contribution in [1.82, 2.24) is 0 Å². The number of hydrogen-bond acceptors (Lipinski definition) is 6. The first kappa shape index (κ1) is 76.1. The lowest BCUT2D eigenvalue weighted by Crippen LogP contribution is -2.30. The molecule has 0 aromatic rings. The molecule has 0 amide bonds. The zero-order valence-electron chi connectivity index (χ0n) is 52.6. The van der Waals surface area contributed by atoms with E-state index in [1.54, 1.807) is 0 Å². The fourth-order valence-electron chi connectivity index (χ4n) is 9.52. The number of allylic oxidation sites excluding steroid dienone is 18. The minimum atomic E-state index is -0.784. The van der Waals surface area contributed by atoms with Gasteiger partial charge in [0, 0.05) is 19.3 Å². The maximum Gasteiger partial charge on any atom is 0.306 e. The van der Waals surface area contributed by atoms with Crippen LogP contribution in [0.1, 0.15) is 323 Å². The molecule has 0 aromatic heterocycles. The summed E-state index contributed by atoms with van der Waals surface area (Å²) in [4.78, 5) is 38.4. The Bertz CT molecular complexity index is 1610. The van der Waals surface area contributed by atoms with E-state index in [2.05, 4.69) is 130 Å². The molecule has 0 aliphatic rings. The van der Waals surface area contributed by atoms with Crippen molar-refractivity contribution in [2.45, 2.75) is 329 Å². The number of carbonyl (C=O) groups excluding carboxylic acids is 3. The van der Waals surface area contributed by atoms with Crippen molar-refractivity contribution < 1.29 is 28.6 Å². The topological polar surface area (TPSA) is 78.9 Å². The van der Waals surface area contributed by atoms with Gasteiger partial charge in [-0.1, -0.05) is 310 Å². The quantitative estimate of drug-likeness (QED) is 0.0261. The number of hydrogen-bond donors (Lipinski definition) is 0. The molecule has 0 radical (unpaired) electrons. The molecule has 0 aliphatic heterocycles. The number of esters is 3. The summed E-state index contributed by atoms with van der Waals surface area (Å²) >= 11 is 0. The molecule has 0 heterocycles. The number of carbonyl (C=O) groups is 3. The molecule has 6 nitrogen and oxygen atoms in total. The van der Waals surface area contributed by atoms with Crippen molar-refractivity contribution in [1.29, 1.82) is 0 Å². The van der Waals surface area contributed by atoms with Crippen molar-refractivity contribution in [2.24, 2.45) is 0 Å². The summed E-state index contributed by atoms with van der Waals surface area (Å²) in [6, 6.07) is 0.